The van der Waals surface area contributed by atoms with Gasteiger partial charge in [0.05, 0.1) is 12.1 Å². The Kier molecular flexibility index (Phi) is 7.34. The molecule has 1 fully saturated rings. The van der Waals surface area contributed by atoms with Gasteiger partial charge < -0.3 is 15.7 Å². The van der Waals surface area contributed by atoms with E-state index in [0.29, 0.717) is 13.0 Å². The zero-order chi connectivity index (χ0) is 10.6. The van der Waals surface area contributed by atoms with Gasteiger partial charge in [-0.3, -0.25) is 4.79 Å². The molecule has 4 nitrogen and oxygen atoms in total. The van der Waals surface area contributed by atoms with Crippen LogP contribution in [0.25, 0.3) is 0 Å². The molecule has 6 heteroatoms. The third kappa shape index (κ3) is 5.06. The van der Waals surface area contributed by atoms with Crippen molar-refractivity contribution in [2.75, 3.05) is 18.6 Å². The second-order valence-electron chi connectivity index (χ2n) is 3.72. The summed E-state index contributed by atoms with van der Waals surface area (Å²) in [7, 11) is 0. The maximum absolute atomic E-state index is 11.6. The summed E-state index contributed by atoms with van der Waals surface area (Å²) in [6.45, 7) is 2.51. The van der Waals surface area contributed by atoms with Gasteiger partial charge in [0.1, 0.15) is 0 Å². The van der Waals surface area contributed by atoms with Crippen molar-refractivity contribution in [1.29, 1.82) is 0 Å². The van der Waals surface area contributed by atoms with Crippen LogP contribution in [0.15, 0.2) is 0 Å². The zero-order valence-corrected chi connectivity index (χ0v) is 10.7. The monoisotopic (exact) mass is 254 g/mol. The number of amides is 1. The molecule has 0 aromatic carbocycles. The number of aliphatic hydroxyl groups excluding tert-OH is 1. The average molecular weight is 255 g/mol. The Balaban J connectivity index is 0.00000196. The van der Waals surface area contributed by atoms with Gasteiger partial charge in [-0.2, -0.15) is 11.8 Å². The summed E-state index contributed by atoms with van der Waals surface area (Å²) >= 11 is 1.71. The molecule has 1 rings (SSSR count). The highest BCUT2D eigenvalue weighted by molar-refractivity contribution is 7.98. The number of aliphatic hydroxyl groups is 1. The Bertz CT molecular complexity index is 207. The Morgan fingerprint density at radius 1 is 1.73 bits per heavy atom. The molecule has 0 aliphatic carbocycles. The largest absolute Gasteiger partial charge is 0.392 e. The first-order valence-corrected chi connectivity index (χ1v) is 6.23. The minimum Gasteiger partial charge on any atom is -0.392 e. The van der Waals surface area contributed by atoms with Gasteiger partial charge in [-0.15, -0.1) is 12.4 Å². The molecular weight excluding hydrogens is 236 g/mol. The number of thioether (sulfide) groups is 1. The molecule has 15 heavy (non-hydrogen) atoms. The molecule has 3 unspecified atom stereocenters. The molecule has 1 aliphatic heterocycles. The van der Waals surface area contributed by atoms with E-state index < -0.39 is 0 Å². The minimum absolute atomic E-state index is 0. The Morgan fingerprint density at radius 3 is 2.87 bits per heavy atom. The van der Waals surface area contributed by atoms with Crippen LogP contribution in [-0.2, 0) is 4.79 Å². The summed E-state index contributed by atoms with van der Waals surface area (Å²) in [6, 6.07) is -0.0219. The molecule has 1 aliphatic rings. The lowest BCUT2D eigenvalue weighted by Gasteiger charge is -2.16. The van der Waals surface area contributed by atoms with Gasteiger partial charge in [-0.25, -0.2) is 0 Å². The molecule has 1 saturated heterocycles. The zero-order valence-electron chi connectivity index (χ0n) is 9.03. The highest BCUT2D eigenvalue weighted by atomic mass is 35.5. The van der Waals surface area contributed by atoms with Crippen molar-refractivity contribution in [3.05, 3.63) is 0 Å². The number of hydrogen-bond donors (Lipinski definition) is 3. The van der Waals surface area contributed by atoms with Crippen molar-refractivity contribution >= 4 is 30.1 Å². The quantitative estimate of drug-likeness (QED) is 0.661. The van der Waals surface area contributed by atoms with E-state index in [9.17, 15) is 9.90 Å². The molecule has 0 saturated carbocycles. The SMILES string of the molecule is CSCC(C)NC(=O)C1CC(O)CN1.Cl. The van der Waals surface area contributed by atoms with Gasteiger partial charge in [0, 0.05) is 18.3 Å². The molecule has 0 radical (unpaired) electrons. The first kappa shape index (κ1) is 15.0. The van der Waals surface area contributed by atoms with E-state index in [1.807, 2.05) is 13.2 Å². The van der Waals surface area contributed by atoms with E-state index in [4.69, 9.17) is 0 Å². The fraction of sp³-hybridized carbons (Fsp3) is 0.889. The van der Waals surface area contributed by atoms with Crippen molar-refractivity contribution in [2.45, 2.75) is 31.5 Å². The molecule has 3 N–H and O–H groups in total. The lowest BCUT2D eigenvalue weighted by Crippen LogP contribution is -2.44. The number of nitrogens with one attached hydrogen (secondary N) is 2. The van der Waals surface area contributed by atoms with Crippen LogP contribution in [0.2, 0.25) is 0 Å². The van der Waals surface area contributed by atoms with E-state index in [2.05, 4.69) is 10.6 Å². The Morgan fingerprint density at radius 2 is 2.40 bits per heavy atom. The molecular formula is C9H19ClN2O2S. The summed E-state index contributed by atoms with van der Waals surface area (Å²) in [4.78, 5) is 11.6. The van der Waals surface area contributed by atoms with Crippen molar-refractivity contribution in [3.8, 4) is 0 Å². The maximum Gasteiger partial charge on any atom is 0.237 e. The van der Waals surface area contributed by atoms with Crippen molar-refractivity contribution in [1.82, 2.24) is 10.6 Å². The first-order valence-electron chi connectivity index (χ1n) is 4.84. The maximum atomic E-state index is 11.6. The number of carbonyl (C=O) groups excluding carboxylic acids is 1. The van der Waals surface area contributed by atoms with Crippen molar-refractivity contribution in [3.63, 3.8) is 0 Å². The fourth-order valence-electron chi connectivity index (χ4n) is 1.55. The molecule has 0 aromatic rings. The summed E-state index contributed by atoms with van der Waals surface area (Å²) in [6.07, 6.45) is 2.17. The smallest absolute Gasteiger partial charge is 0.237 e. The molecule has 90 valence electrons. The van der Waals surface area contributed by atoms with Gasteiger partial charge in [0.2, 0.25) is 5.91 Å². The second-order valence-corrected chi connectivity index (χ2v) is 4.63. The predicted molar refractivity (Wildman–Crippen MR) is 65.6 cm³/mol. The summed E-state index contributed by atoms with van der Waals surface area (Å²) in [5, 5.41) is 15.1. The number of hydrogen-bond acceptors (Lipinski definition) is 4. The van der Waals surface area contributed by atoms with Crippen LogP contribution < -0.4 is 10.6 Å². The van der Waals surface area contributed by atoms with Crippen LogP contribution in [0.4, 0.5) is 0 Å². The van der Waals surface area contributed by atoms with Gasteiger partial charge in [-0.05, 0) is 19.6 Å². The van der Waals surface area contributed by atoms with Crippen LogP contribution >= 0.6 is 24.2 Å². The molecule has 3 atom stereocenters. The van der Waals surface area contributed by atoms with Crippen LogP contribution in [0.5, 0.6) is 0 Å². The lowest BCUT2D eigenvalue weighted by molar-refractivity contribution is -0.123. The highest BCUT2D eigenvalue weighted by Crippen LogP contribution is 2.06. The summed E-state index contributed by atoms with van der Waals surface area (Å²) in [5.74, 6) is 0.921. The first-order chi connectivity index (χ1) is 6.63. The second kappa shape index (κ2) is 7.33. The Hall–Kier alpha value is 0.0300. The van der Waals surface area contributed by atoms with E-state index in [0.717, 1.165) is 5.75 Å². The molecule has 0 aromatic heterocycles. The third-order valence-corrected chi connectivity index (χ3v) is 3.06. The van der Waals surface area contributed by atoms with Crippen LogP contribution in [-0.4, -0.2) is 47.8 Å². The number of rotatable bonds is 4. The van der Waals surface area contributed by atoms with Gasteiger partial charge in [-0.1, -0.05) is 0 Å². The van der Waals surface area contributed by atoms with E-state index in [1.54, 1.807) is 11.8 Å². The molecule has 1 heterocycles. The average Bonchev–Trinajstić information content (AvgIpc) is 2.52. The number of β-amino-alcohol motifs (C(OH)–C–C–N with tert-alkyl or cyclic N) is 1. The van der Waals surface area contributed by atoms with Crippen molar-refractivity contribution < 1.29 is 9.90 Å². The Labute approximate surface area is 101 Å². The normalized spacial score (nSPS) is 26.9. The molecule has 0 spiro atoms. The van der Waals surface area contributed by atoms with E-state index >= 15 is 0 Å². The van der Waals surface area contributed by atoms with E-state index in [1.165, 1.54) is 0 Å². The number of halogens is 1. The third-order valence-electron chi connectivity index (χ3n) is 2.23. The standard InChI is InChI=1S/C9H18N2O2S.ClH/c1-6(5-14-2)11-9(13)8-3-7(12)4-10-8;/h6-8,10,12H,3-5H2,1-2H3,(H,11,13);1H. The minimum atomic E-state index is -0.374. The highest BCUT2D eigenvalue weighted by Gasteiger charge is 2.28. The summed E-state index contributed by atoms with van der Waals surface area (Å²) in [5.41, 5.74) is 0. The fourth-order valence-corrected chi connectivity index (χ4v) is 2.14. The molecule has 1 amide bonds. The van der Waals surface area contributed by atoms with Gasteiger partial charge >= 0.3 is 0 Å². The topological polar surface area (TPSA) is 61.4 Å². The van der Waals surface area contributed by atoms with Crippen LogP contribution in [0, 0.1) is 0 Å². The predicted octanol–water partition coefficient (Wildman–Crippen LogP) is -0.00130. The molecule has 0 bridgehead atoms. The van der Waals surface area contributed by atoms with E-state index in [-0.39, 0.29) is 36.5 Å². The van der Waals surface area contributed by atoms with Gasteiger partial charge in [0.25, 0.3) is 0 Å². The lowest BCUT2D eigenvalue weighted by atomic mass is 10.2. The van der Waals surface area contributed by atoms with Crippen LogP contribution in [0.3, 0.4) is 0 Å². The summed E-state index contributed by atoms with van der Waals surface area (Å²) < 4.78 is 0. The number of carbonyl (C=O) groups is 1. The van der Waals surface area contributed by atoms with Crippen molar-refractivity contribution in [2.24, 2.45) is 0 Å². The van der Waals surface area contributed by atoms with Crippen LogP contribution in [0.1, 0.15) is 13.3 Å². The van der Waals surface area contributed by atoms with Gasteiger partial charge in [0.15, 0.2) is 0 Å².